The van der Waals surface area contributed by atoms with Crippen LogP contribution in [0.25, 0.3) is 16.5 Å². The Bertz CT molecular complexity index is 1340. The summed E-state index contributed by atoms with van der Waals surface area (Å²) in [6.45, 7) is 0. The van der Waals surface area contributed by atoms with Crippen LogP contribution in [0.2, 0.25) is 5.02 Å². The maximum absolute atomic E-state index is 13.1. The zero-order valence-corrected chi connectivity index (χ0v) is 17.4. The van der Waals surface area contributed by atoms with Gasteiger partial charge in [-0.2, -0.15) is 8.78 Å². The molecule has 1 N–H and O–H groups in total. The Morgan fingerprint density at radius 2 is 1.71 bits per heavy atom. The van der Waals surface area contributed by atoms with E-state index < -0.39 is 5.76 Å². The summed E-state index contributed by atoms with van der Waals surface area (Å²) in [7, 11) is 0. The van der Waals surface area contributed by atoms with Crippen molar-refractivity contribution in [2.45, 2.75) is 10.7 Å². The van der Waals surface area contributed by atoms with Crippen LogP contribution in [-0.2, 0) is 0 Å². The van der Waals surface area contributed by atoms with Crippen LogP contribution in [0.15, 0.2) is 87.5 Å². The van der Waals surface area contributed by atoms with Gasteiger partial charge >= 0.3 is 0 Å². The van der Waals surface area contributed by atoms with Gasteiger partial charge < -0.3 is 5.11 Å². The monoisotopic (exact) mass is 456 g/mol. The van der Waals surface area contributed by atoms with Crippen molar-refractivity contribution >= 4 is 46.0 Å². The quantitative estimate of drug-likeness (QED) is 0.278. The van der Waals surface area contributed by atoms with E-state index in [0.717, 1.165) is 0 Å². The van der Waals surface area contributed by atoms with Gasteiger partial charge in [0.2, 0.25) is 5.88 Å². The third kappa shape index (κ3) is 4.47. The number of aromatic nitrogens is 1. The van der Waals surface area contributed by atoms with E-state index in [4.69, 9.17) is 11.6 Å². The lowest BCUT2D eigenvalue weighted by atomic mass is 10.1. The van der Waals surface area contributed by atoms with E-state index in [1.807, 2.05) is 0 Å². The highest BCUT2D eigenvalue weighted by atomic mass is 35.5. The molecular weight excluding hydrogens is 442 g/mol. The topological polar surface area (TPSA) is 54.6 Å². The number of benzene rings is 3. The molecule has 0 aliphatic heterocycles. The summed E-state index contributed by atoms with van der Waals surface area (Å²) >= 11 is 6.53. The van der Waals surface area contributed by atoms with Crippen LogP contribution < -0.4 is 5.56 Å². The number of thioether (sulfide) groups is 1. The van der Waals surface area contributed by atoms with Crippen LogP contribution in [-0.4, -0.2) is 21.6 Å². The molecule has 0 bridgehead atoms. The van der Waals surface area contributed by atoms with Crippen LogP contribution >= 0.6 is 23.4 Å². The molecule has 0 saturated carbocycles. The molecule has 1 heterocycles. The molecule has 0 spiro atoms. The van der Waals surface area contributed by atoms with Crippen molar-refractivity contribution in [2.24, 2.45) is 4.99 Å². The van der Waals surface area contributed by atoms with Gasteiger partial charge in [-0.25, -0.2) is 4.57 Å². The number of hydrogen-bond donors (Lipinski definition) is 1. The van der Waals surface area contributed by atoms with Crippen molar-refractivity contribution < 1.29 is 13.9 Å². The first-order valence-corrected chi connectivity index (χ1v) is 10.4. The van der Waals surface area contributed by atoms with Gasteiger partial charge in [0.25, 0.3) is 11.3 Å². The molecule has 0 amide bonds. The summed E-state index contributed by atoms with van der Waals surface area (Å²) in [5, 5.41) is 12.3. The molecule has 0 saturated heterocycles. The van der Waals surface area contributed by atoms with E-state index >= 15 is 0 Å². The Morgan fingerprint density at radius 1 is 1.00 bits per heavy atom. The highest BCUT2D eigenvalue weighted by Crippen LogP contribution is 2.29. The smallest absolute Gasteiger partial charge is 0.288 e. The fourth-order valence-corrected chi connectivity index (χ4v) is 3.88. The molecule has 31 heavy (non-hydrogen) atoms. The summed E-state index contributed by atoms with van der Waals surface area (Å²) in [4.78, 5) is 17.9. The Balaban J connectivity index is 1.84. The van der Waals surface area contributed by atoms with Gasteiger partial charge in [0.15, 0.2) is 0 Å². The zero-order valence-electron chi connectivity index (χ0n) is 15.9. The first kappa shape index (κ1) is 21.1. The Morgan fingerprint density at radius 3 is 2.39 bits per heavy atom. The average Bonchev–Trinajstić information content (AvgIpc) is 2.74. The van der Waals surface area contributed by atoms with Gasteiger partial charge in [0.1, 0.15) is 0 Å². The van der Waals surface area contributed by atoms with Gasteiger partial charge in [-0.15, -0.1) is 0 Å². The molecule has 8 heteroatoms. The fourth-order valence-electron chi connectivity index (χ4n) is 3.20. The van der Waals surface area contributed by atoms with Crippen molar-refractivity contribution in [1.29, 1.82) is 0 Å². The number of fused-ring (bicyclic) bond motifs is 1. The van der Waals surface area contributed by atoms with E-state index in [-0.39, 0.29) is 11.4 Å². The second-order valence-electron chi connectivity index (χ2n) is 6.53. The molecule has 1 aromatic heterocycles. The number of aromatic hydroxyl groups is 1. The van der Waals surface area contributed by atoms with Crippen LogP contribution in [0, 0.1) is 0 Å². The largest absolute Gasteiger partial charge is 0.494 e. The minimum Gasteiger partial charge on any atom is -0.494 e. The first-order chi connectivity index (χ1) is 14.9. The van der Waals surface area contributed by atoms with E-state index in [1.54, 1.807) is 72.8 Å². The highest BCUT2D eigenvalue weighted by Gasteiger charge is 2.16. The maximum Gasteiger partial charge on any atom is 0.288 e. The van der Waals surface area contributed by atoms with Crippen molar-refractivity contribution in [3.63, 3.8) is 0 Å². The number of rotatable bonds is 5. The zero-order chi connectivity index (χ0) is 22.0. The van der Waals surface area contributed by atoms with Crippen LogP contribution in [0.5, 0.6) is 5.88 Å². The van der Waals surface area contributed by atoms with Crippen molar-refractivity contribution in [2.75, 3.05) is 0 Å². The highest BCUT2D eigenvalue weighted by molar-refractivity contribution is 7.99. The number of alkyl halides is 2. The van der Waals surface area contributed by atoms with Gasteiger partial charge in [0, 0.05) is 26.9 Å². The Hall–Kier alpha value is -3.16. The SMILES string of the molecule is O=c1c2ccccc2c(C=Nc2ccc(SC(F)F)cc2)c(O)n1-c1cccc(Cl)c1. The molecule has 0 atom stereocenters. The standard InChI is InChI=1S/C23H15ClF2N2O2S/c24-14-4-3-5-16(12-14)28-21(29)19-7-2-1-6-18(19)20(22(28)30)13-27-15-8-10-17(11-9-15)31-23(25)26/h1-13,23,30H. The van der Waals surface area contributed by atoms with E-state index in [1.165, 1.54) is 10.8 Å². The molecule has 0 unspecified atom stereocenters. The minimum atomic E-state index is -2.50. The molecule has 156 valence electrons. The fraction of sp³-hybridized carbons (Fsp3) is 0.0435. The molecule has 4 aromatic rings. The van der Waals surface area contributed by atoms with Gasteiger partial charge in [-0.1, -0.05) is 47.6 Å². The van der Waals surface area contributed by atoms with Crippen molar-refractivity contribution in [1.82, 2.24) is 4.57 Å². The van der Waals surface area contributed by atoms with Gasteiger partial charge in [0.05, 0.1) is 16.9 Å². The second kappa shape index (κ2) is 8.91. The van der Waals surface area contributed by atoms with Crippen LogP contribution in [0.4, 0.5) is 14.5 Å². The molecular formula is C23H15ClF2N2O2S. The maximum atomic E-state index is 13.1. The molecule has 0 fully saturated rings. The lowest BCUT2D eigenvalue weighted by molar-refractivity contribution is 0.252. The number of halogens is 3. The number of pyridine rings is 1. The Labute approximate surface area is 185 Å². The molecule has 4 nitrogen and oxygen atoms in total. The predicted octanol–water partition coefficient (Wildman–Crippen LogP) is 6.42. The molecule has 0 aliphatic carbocycles. The predicted molar refractivity (Wildman–Crippen MR) is 122 cm³/mol. The summed E-state index contributed by atoms with van der Waals surface area (Å²) in [5.41, 5.74) is 0.897. The normalized spacial score (nSPS) is 11.6. The number of nitrogens with zero attached hydrogens (tertiary/aromatic N) is 2. The Kier molecular flexibility index (Phi) is 6.06. The summed E-state index contributed by atoms with van der Waals surface area (Å²) in [6.07, 6.45) is 1.45. The minimum absolute atomic E-state index is 0.278. The third-order valence-electron chi connectivity index (χ3n) is 4.57. The number of aliphatic imine (C=N–C) groups is 1. The lowest BCUT2D eigenvalue weighted by Crippen LogP contribution is -2.20. The first-order valence-electron chi connectivity index (χ1n) is 9.15. The van der Waals surface area contributed by atoms with E-state index in [0.29, 0.717) is 49.4 Å². The van der Waals surface area contributed by atoms with E-state index in [9.17, 15) is 18.7 Å². The number of hydrogen-bond acceptors (Lipinski definition) is 4. The summed E-state index contributed by atoms with van der Waals surface area (Å²) < 4.78 is 26.2. The average molecular weight is 457 g/mol. The third-order valence-corrected chi connectivity index (χ3v) is 5.53. The molecule has 0 radical (unpaired) electrons. The lowest BCUT2D eigenvalue weighted by Gasteiger charge is -2.14. The van der Waals surface area contributed by atoms with Gasteiger partial charge in [-0.3, -0.25) is 9.79 Å². The van der Waals surface area contributed by atoms with Crippen molar-refractivity contribution in [3.8, 4) is 11.6 Å². The summed E-state index contributed by atoms with van der Waals surface area (Å²) in [6, 6.07) is 19.8. The molecule has 3 aromatic carbocycles. The molecule has 0 aliphatic rings. The summed E-state index contributed by atoms with van der Waals surface area (Å²) in [5.74, 6) is -2.77. The van der Waals surface area contributed by atoms with E-state index in [2.05, 4.69) is 4.99 Å². The molecule has 4 rings (SSSR count). The van der Waals surface area contributed by atoms with Gasteiger partial charge in [-0.05, 0) is 48.5 Å². The second-order valence-corrected chi connectivity index (χ2v) is 8.03. The van der Waals surface area contributed by atoms with Crippen LogP contribution in [0.3, 0.4) is 0 Å². The van der Waals surface area contributed by atoms with Crippen LogP contribution in [0.1, 0.15) is 5.56 Å². The van der Waals surface area contributed by atoms with Crippen molar-refractivity contribution in [3.05, 3.63) is 93.7 Å².